The Kier molecular flexibility index (Phi) is 6.56. The van der Waals surface area contributed by atoms with Gasteiger partial charge in [0.05, 0.1) is 17.9 Å². The maximum atomic E-state index is 13.8. The Balaban J connectivity index is 1.75. The number of anilines is 1. The molecule has 0 atom stereocenters. The Hall–Kier alpha value is -3.12. The number of rotatable bonds is 6. The van der Waals surface area contributed by atoms with E-state index in [1.807, 2.05) is 56.3 Å². The van der Waals surface area contributed by atoms with Crippen LogP contribution in [-0.4, -0.2) is 61.4 Å². The van der Waals surface area contributed by atoms with Crippen molar-refractivity contribution in [3.63, 3.8) is 0 Å². The number of ether oxygens (including phenoxy) is 1. The van der Waals surface area contributed by atoms with E-state index < -0.39 is 0 Å². The molecule has 2 aliphatic rings. The predicted octanol–water partition coefficient (Wildman–Crippen LogP) is 3.87. The number of piperazine rings is 1. The number of hydrogen-bond acceptors (Lipinski definition) is 5. The molecule has 0 unspecified atom stereocenters. The van der Waals surface area contributed by atoms with Crippen molar-refractivity contribution in [3.8, 4) is 5.75 Å². The highest BCUT2D eigenvalue weighted by atomic mass is 16.5. The molecule has 2 aliphatic heterocycles. The van der Waals surface area contributed by atoms with Gasteiger partial charge in [0.25, 0.3) is 11.8 Å². The summed E-state index contributed by atoms with van der Waals surface area (Å²) in [6.45, 7) is 11.9. The lowest BCUT2D eigenvalue weighted by Crippen LogP contribution is -2.46. The number of hydrogen-bond donors (Lipinski definition) is 0. The SMILES string of the molecule is Cc1cccc(N2C(=O)C(c3ccc(OCC(C)C)cc3)=C(N3CCN(C)CC3)C2=O)c1C. The Morgan fingerprint density at radius 3 is 2.21 bits per heavy atom. The van der Waals surface area contributed by atoms with Crippen molar-refractivity contribution in [3.05, 3.63) is 64.9 Å². The number of aryl methyl sites for hydroxylation is 1. The highest BCUT2D eigenvalue weighted by Gasteiger charge is 2.43. The third-order valence-corrected chi connectivity index (χ3v) is 6.42. The fraction of sp³-hybridized carbons (Fsp3) is 0.407. The Labute approximate surface area is 196 Å². The van der Waals surface area contributed by atoms with Crippen molar-refractivity contribution in [2.75, 3.05) is 44.7 Å². The largest absolute Gasteiger partial charge is 0.493 e. The van der Waals surface area contributed by atoms with Crippen molar-refractivity contribution in [2.24, 2.45) is 5.92 Å². The first-order valence-electron chi connectivity index (χ1n) is 11.6. The summed E-state index contributed by atoms with van der Waals surface area (Å²) in [6, 6.07) is 13.3. The Morgan fingerprint density at radius 1 is 0.909 bits per heavy atom. The van der Waals surface area contributed by atoms with Crippen molar-refractivity contribution in [1.29, 1.82) is 0 Å². The first kappa shape index (κ1) is 23.1. The molecule has 0 saturated carbocycles. The number of nitrogens with zero attached hydrogens (tertiary/aromatic N) is 3. The Morgan fingerprint density at radius 2 is 1.58 bits per heavy atom. The molecule has 1 fully saturated rings. The van der Waals surface area contributed by atoms with Crippen LogP contribution >= 0.6 is 0 Å². The second-order valence-corrected chi connectivity index (χ2v) is 9.41. The van der Waals surface area contributed by atoms with E-state index in [9.17, 15) is 9.59 Å². The zero-order valence-corrected chi connectivity index (χ0v) is 20.2. The second kappa shape index (κ2) is 9.40. The van der Waals surface area contributed by atoms with Crippen LogP contribution in [0, 0.1) is 19.8 Å². The first-order valence-corrected chi connectivity index (χ1v) is 11.6. The van der Waals surface area contributed by atoms with Crippen molar-refractivity contribution >= 4 is 23.1 Å². The summed E-state index contributed by atoms with van der Waals surface area (Å²) in [4.78, 5) is 33.2. The van der Waals surface area contributed by atoms with E-state index in [0.29, 0.717) is 42.6 Å². The van der Waals surface area contributed by atoms with E-state index >= 15 is 0 Å². The van der Waals surface area contributed by atoms with Gasteiger partial charge in [-0.1, -0.05) is 38.1 Å². The lowest BCUT2D eigenvalue weighted by molar-refractivity contribution is -0.120. The van der Waals surface area contributed by atoms with Gasteiger partial charge < -0.3 is 14.5 Å². The predicted molar refractivity (Wildman–Crippen MR) is 131 cm³/mol. The van der Waals surface area contributed by atoms with E-state index in [4.69, 9.17) is 4.74 Å². The minimum absolute atomic E-state index is 0.242. The number of imide groups is 1. The molecular formula is C27H33N3O3. The van der Waals surface area contributed by atoms with Gasteiger partial charge in [-0.3, -0.25) is 9.59 Å². The van der Waals surface area contributed by atoms with Gasteiger partial charge in [0, 0.05) is 26.2 Å². The van der Waals surface area contributed by atoms with Gasteiger partial charge in [0.2, 0.25) is 0 Å². The van der Waals surface area contributed by atoms with Crippen molar-refractivity contribution < 1.29 is 14.3 Å². The molecule has 0 radical (unpaired) electrons. The van der Waals surface area contributed by atoms with Gasteiger partial charge in [-0.15, -0.1) is 0 Å². The molecule has 6 heteroatoms. The standard InChI is InChI=1S/C27H33N3O3/c1-18(2)17-33-22-11-9-21(10-12-22)24-25(29-15-13-28(5)14-16-29)27(32)30(26(24)31)23-8-6-7-19(3)20(23)4/h6-12,18H,13-17H2,1-5H3. The molecule has 6 nitrogen and oxygen atoms in total. The van der Waals surface area contributed by atoms with Gasteiger partial charge in [0.15, 0.2) is 0 Å². The minimum atomic E-state index is -0.265. The fourth-order valence-corrected chi connectivity index (χ4v) is 4.28. The molecule has 1 saturated heterocycles. The molecule has 2 aromatic carbocycles. The molecule has 0 N–H and O–H groups in total. The van der Waals surface area contributed by atoms with Crippen molar-refractivity contribution in [2.45, 2.75) is 27.7 Å². The van der Waals surface area contributed by atoms with Crippen LogP contribution in [-0.2, 0) is 9.59 Å². The monoisotopic (exact) mass is 447 g/mol. The summed E-state index contributed by atoms with van der Waals surface area (Å²) < 4.78 is 5.81. The molecule has 4 rings (SSSR count). The van der Waals surface area contributed by atoms with E-state index in [2.05, 4.69) is 30.7 Å². The molecule has 174 valence electrons. The van der Waals surface area contributed by atoms with Gasteiger partial charge in [-0.2, -0.15) is 0 Å². The van der Waals surface area contributed by atoms with Crippen LogP contribution in [0.25, 0.3) is 5.57 Å². The average Bonchev–Trinajstić information content (AvgIpc) is 3.05. The maximum Gasteiger partial charge on any atom is 0.282 e. The number of carbonyl (C=O) groups excluding carboxylic acids is 2. The number of likely N-dealkylation sites (N-methyl/N-ethyl adjacent to an activating group) is 1. The molecular weight excluding hydrogens is 414 g/mol. The van der Waals surface area contributed by atoms with Crippen LogP contribution in [0.3, 0.4) is 0 Å². The highest BCUT2D eigenvalue weighted by molar-refractivity contribution is 6.45. The summed E-state index contributed by atoms with van der Waals surface area (Å²) in [6.07, 6.45) is 0. The molecule has 2 amide bonds. The number of carbonyl (C=O) groups is 2. The first-order chi connectivity index (χ1) is 15.8. The number of benzene rings is 2. The molecule has 0 aromatic heterocycles. The van der Waals surface area contributed by atoms with Gasteiger partial charge in [-0.05, 0) is 61.7 Å². The third-order valence-electron chi connectivity index (χ3n) is 6.42. The summed E-state index contributed by atoms with van der Waals surface area (Å²) in [5, 5.41) is 0. The topological polar surface area (TPSA) is 53.1 Å². The molecule has 0 aliphatic carbocycles. The molecule has 33 heavy (non-hydrogen) atoms. The Bertz CT molecular complexity index is 1080. The third kappa shape index (κ3) is 4.53. The quantitative estimate of drug-likeness (QED) is 0.630. The normalized spacial score (nSPS) is 17.5. The maximum absolute atomic E-state index is 13.8. The summed E-state index contributed by atoms with van der Waals surface area (Å²) in [5.41, 5.74) is 4.37. The van der Waals surface area contributed by atoms with Crippen LogP contribution < -0.4 is 9.64 Å². The van der Waals surface area contributed by atoms with Crippen LogP contribution in [0.4, 0.5) is 5.69 Å². The van der Waals surface area contributed by atoms with Gasteiger partial charge >= 0.3 is 0 Å². The van der Waals surface area contributed by atoms with Crippen LogP contribution in [0.5, 0.6) is 5.75 Å². The molecule has 2 aromatic rings. The van der Waals surface area contributed by atoms with Crippen molar-refractivity contribution in [1.82, 2.24) is 9.80 Å². The van der Waals surface area contributed by atoms with Crippen LogP contribution in [0.2, 0.25) is 0 Å². The summed E-state index contributed by atoms with van der Waals surface area (Å²) in [5.74, 6) is 0.681. The zero-order valence-electron chi connectivity index (χ0n) is 20.2. The molecule has 0 spiro atoms. The summed E-state index contributed by atoms with van der Waals surface area (Å²) in [7, 11) is 2.08. The van der Waals surface area contributed by atoms with E-state index in [-0.39, 0.29) is 11.8 Å². The van der Waals surface area contributed by atoms with Gasteiger partial charge in [0.1, 0.15) is 11.4 Å². The lowest BCUT2D eigenvalue weighted by atomic mass is 10.0. The van der Waals surface area contributed by atoms with Crippen LogP contribution in [0.15, 0.2) is 48.2 Å². The van der Waals surface area contributed by atoms with Crippen LogP contribution in [0.1, 0.15) is 30.5 Å². The minimum Gasteiger partial charge on any atom is -0.493 e. The molecule has 0 bridgehead atoms. The fourth-order valence-electron chi connectivity index (χ4n) is 4.28. The highest BCUT2D eigenvalue weighted by Crippen LogP contribution is 2.37. The second-order valence-electron chi connectivity index (χ2n) is 9.41. The zero-order chi connectivity index (χ0) is 23.7. The molecule has 2 heterocycles. The lowest BCUT2D eigenvalue weighted by Gasteiger charge is -2.34. The summed E-state index contributed by atoms with van der Waals surface area (Å²) >= 11 is 0. The van der Waals surface area contributed by atoms with E-state index in [1.165, 1.54) is 4.90 Å². The van der Waals surface area contributed by atoms with E-state index in [1.54, 1.807) is 0 Å². The van der Waals surface area contributed by atoms with Gasteiger partial charge in [-0.25, -0.2) is 4.90 Å². The average molecular weight is 448 g/mol. The van der Waals surface area contributed by atoms with E-state index in [0.717, 1.165) is 35.5 Å². The number of amides is 2. The smallest absolute Gasteiger partial charge is 0.282 e.